The van der Waals surface area contributed by atoms with Crippen molar-refractivity contribution in [3.8, 4) is 5.75 Å². The molecule has 29 heavy (non-hydrogen) atoms. The summed E-state index contributed by atoms with van der Waals surface area (Å²) in [6.45, 7) is 2.08. The van der Waals surface area contributed by atoms with Crippen molar-refractivity contribution in [2.75, 3.05) is 27.7 Å². The lowest BCUT2D eigenvalue weighted by Gasteiger charge is -2.26. The number of carbonyl (C=O) groups excluding carboxylic acids is 2. The van der Waals surface area contributed by atoms with Gasteiger partial charge < -0.3 is 20.3 Å². The Morgan fingerprint density at radius 3 is 2.48 bits per heavy atom. The molecule has 0 spiro atoms. The molecule has 0 aliphatic rings. The van der Waals surface area contributed by atoms with Crippen LogP contribution in [0.5, 0.6) is 5.75 Å². The summed E-state index contributed by atoms with van der Waals surface area (Å²) >= 11 is 0. The van der Waals surface area contributed by atoms with Crippen LogP contribution in [0.25, 0.3) is 6.08 Å². The zero-order valence-corrected chi connectivity index (χ0v) is 17.4. The van der Waals surface area contributed by atoms with Crippen molar-refractivity contribution >= 4 is 17.9 Å². The molecule has 0 unspecified atom stereocenters. The molecule has 2 rings (SSSR count). The van der Waals surface area contributed by atoms with Gasteiger partial charge in [-0.1, -0.05) is 42.5 Å². The molecule has 0 saturated heterocycles. The van der Waals surface area contributed by atoms with Crippen LogP contribution in [-0.4, -0.2) is 50.5 Å². The summed E-state index contributed by atoms with van der Waals surface area (Å²) in [5.41, 5.74) is 1.96. The predicted octanol–water partition coefficient (Wildman–Crippen LogP) is 2.63. The number of ether oxygens (including phenoxy) is 1. The van der Waals surface area contributed by atoms with Gasteiger partial charge in [-0.2, -0.15) is 0 Å². The molecule has 0 aliphatic carbocycles. The Morgan fingerprint density at radius 1 is 1.10 bits per heavy atom. The quantitative estimate of drug-likeness (QED) is 0.641. The fourth-order valence-corrected chi connectivity index (χ4v) is 2.86. The smallest absolute Gasteiger partial charge is 0.244 e. The van der Waals surface area contributed by atoms with Crippen LogP contribution in [-0.2, 0) is 9.59 Å². The number of likely N-dealkylation sites (N-methyl/N-ethyl adjacent to an activating group) is 1. The molecule has 2 N–H and O–H groups in total. The van der Waals surface area contributed by atoms with Gasteiger partial charge in [0.2, 0.25) is 11.8 Å². The van der Waals surface area contributed by atoms with Crippen molar-refractivity contribution in [1.29, 1.82) is 0 Å². The molecule has 0 aromatic heterocycles. The number of rotatable bonds is 9. The Hall–Kier alpha value is -3.12. The van der Waals surface area contributed by atoms with Crippen LogP contribution in [0.4, 0.5) is 0 Å². The van der Waals surface area contributed by atoms with Crippen LogP contribution < -0.4 is 15.4 Å². The van der Waals surface area contributed by atoms with Crippen molar-refractivity contribution in [3.05, 3.63) is 71.8 Å². The number of amides is 2. The molecule has 0 bridgehead atoms. The van der Waals surface area contributed by atoms with Gasteiger partial charge in [0, 0.05) is 12.6 Å². The molecular formula is C23H29N3O3. The van der Waals surface area contributed by atoms with Gasteiger partial charge in [0.05, 0.1) is 13.2 Å². The standard InChI is InChI=1S/C23H29N3O3/c1-17(25-22(27)14-13-18-9-6-5-7-10-18)23(28)24-16-21(26(2)3)19-11-8-12-20(15-19)29-4/h5-15,17,21H,16H2,1-4H3,(H,24,28)(H,25,27)/b14-13+/t17-,21-/m0/s1. The summed E-state index contributed by atoms with van der Waals surface area (Å²) in [5, 5.41) is 5.61. The molecule has 0 fully saturated rings. The van der Waals surface area contributed by atoms with Crippen molar-refractivity contribution < 1.29 is 14.3 Å². The maximum atomic E-state index is 12.4. The van der Waals surface area contributed by atoms with Gasteiger partial charge in [-0.05, 0) is 50.4 Å². The molecule has 0 radical (unpaired) electrons. The lowest BCUT2D eigenvalue weighted by Crippen LogP contribution is -2.46. The summed E-state index contributed by atoms with van der Waals surface area (Å²) in [6, 6.07) is 16.6. The van der Waals surface area contributed by atoms with E-state index in [0.717, 1.165) is 16.9 Å². The Balaban J connectivity index is 1.90. The first kappa shape index (κ1) is 22.2. The average molecular weight is 396 g/mol. The summed E-state index contributed by atoms with van der Waals surface area (Å²) in [4.78, 5) is 26.5. The maximum Gasteiger partial charge on any atom is 0.244 e. The number of nitrogens with zero attached hydrogens (tertiary/aromatic N) is 1. The fourth-order valence-electron chi connectivity index (χ4n) is 2.86. The van der Waals surface area contributed by atoms with E-state index in [-0.39, 0.29) is 17.9 Å². The van der Waals surface area contributed by atoms with Crippen molar-refractivity contribution in [1.82, 2.24) is 15.5 Å². The molecule has 6 heteroatoms. The van der Waals surface area contributed by atoms with Crippen LogP contribution in [0.15, 0.2) is 60.7 Å². The SMILES string of the molecule is COc1cccc([C@H](CNC(=O)[C@H](C)NC(=O)/C=C/c2ccccc2)N(C)C)c1. The molecular weight excluding hydrogens is 366 g/mol. The minimum atomic E-state index is -0.643. The van der Waals surface area contributed by atoms with Crippen LogP contribution in [0.1, 0.15) is 24.1 Å². The van der Waals surface area contributed by atoms with E-state index in [9.17, 15) is 9.59 Å². The fraction of sp³-hybridized carbons (Fsp3) is 0.304. The highest BCUT2D eigenvalue weighted by Gasteiger charge is 2.19. The Bertz CT molecular complexity index is 834. The summed E-state index contributed by atoms with van der Waals surface area (Å²) in [5.74, 6) is 0.223. The van der Waals surface area contributed by atoms with Crippen LogP contribution in [0.2, 0.25) is 0 Å². The number of methoxy groups -OCH3 is 1. The molecule has 0 saturated carbocycles. The highest BCUT2D eigenvalue weighted by atomic mass is 16.5. The second kappa shape index (κ2) is 11.0. The predicted molar refractivity (Wildman–Crippen MR) is 116 cm³/mol. The number of carbonyl (C=O) groups is 2. The van der Waals surface area contributed by atoms with E-state index < -0.39 is 6.04 Å². The van der Waals surface area contributed by atoms with Crippen LogP contribution >= 0.6 is 0 Å². The van der Waals surface area contributed by atoms with E-state index in [1.165, 1.54) is 6.08 Å². The van der Waals surface area contributed by atoms with Gasteiger partial charge in [-0.25, -0.2) is 0 Å². The monoisotopic (exact) mass is 395 g/mol. The van der Waals surface area contributed by atoms with E-state index in [1.807, 2.05) is 73.6 Å². The van der Waals surface area contributed by atoms with Crippen molar-refractivity contribution in [3.63, 3.8) is 0 Å². The van der Waals surface area contributed by atoms with E-state index in [2.05, 4.69) is 10.6 Å². The lowest BCUT2D eigenvalue weighted by atomic mass is 10.1. The van der Waals surface area contributed by atoms with E-state index in [4.69, 9.17) is 4.74 Å². The second-order valence-corrected chi connectivity index (χ2v) is 6.98. The Morgan fingerprint density at radius 2 is 1.83 bits per heavy atom. The largest absolute Gasteiger partial charge is 0.497 e. The maximum absolute atomic E-state index is 12.4. The Labute approximate surface area is 172 Å². The van der Waals surface area contributed by atoms with Crippen molar-refractivity contribution in [2.24, 2.45) is 0 Å². The molecule has 2 aromatic carbocycles. The molecule has 154 valence electrons. The van der Waals surface area contributed by atoms with E-state index in [1.54, 1.807) is 20.1 Å². The van der Waals surface area contributed by atoms with Gasteiger partial charge >= 0.3 is 0 Å². The topological polar surface area (TPSA) is 70.7 Å². The molecule has 6 nitrogen and oxygen atoms in total. The van der Waals surface area contributed by atoms with Gasteiger partial charge in [0.1, 0.15) is 11.8 Å². The molecule has 0 aliphatic heterocycles. The zero-order chi connectivity index (χ0) is 21.2. The summed E-state index contributed by atoms with van der Waals surface area (Å²) in [6.07, 6.45) is 3.14. The highest BCUT2D eigenvalue weighted by molar-refractivity contribution is 5.95. The average Bonchev–Trinajstić information content (AvgIpc) is 2.73. The summed E-state index contributed by atoms with van der Waals surface area (Å²) in [7, 11) is 5.54. The first-order chi connectivity index (χ1) is 13.9. The van der Waals surface area contributed by atoms with Crippen LogP contribution in [0.3, 0.4) is 0 Å². The molecule has 0 heterocycles. The normalized spacial score (nSPS) is 13.1. The zero-order valence-electron chi connectivity index (χ0n) is 17.4. The first-order valence-electron chi connectivity index (χ1n) is 9.52. The Kier molecular flexibility index (Phi) is 8.43. The summed E-state index contributed by atoms with van der Waals surface area (Å²) < 4.78 is 5.29. The van der Waals surface area contributed by atoms with Gasteiger partial charge in [-0.15, -0.1) is 0 Å². The number of hydrogen-bond donors (Lipinski definition) is 2. The number of hydrogen-bond acceptors (Lipinski definition) is 4. The van der Waals surface area contributed by atoms with Gasteiger partial charge in [0.25, 0.3) is 0 Å². The molecule has 2 atom stereocenters. The van der Waals surface area contributed by atoms with E-state index >= 15 is 0 Å². The molecule has 2 amide bonds. The number of benzene rings is 2. The third kappa shape index (κ3) is 7.08. The minimum Gasteiger partial charge on any atom is -0.497 e. The van der Waals surface area contributed by atoms with Gasteiger partial charge in [0.15, 0.2) is 0 Å². The first-order valence-corrected chi connectivity index (χ1v) is 9.52. The second-order valence-electron chi connectivity index (χ2n) is 6.98. The highest BCUT2D eigenvalue weighted by Crippen LogP contribution is 2.22. The molecule has 2 aromatic rings. The van der Waals surface area contributed by atoms with Crippen LogP contribution in [0, 0.1) is 0 Å². The lowest BCUT2D eigenvalue weighted by molar-refractivity contribution is -0.126. The minimum absolute atomic E-state index is 0.0186. The third-order valence-corrected chi connectivity index (χ3v) is 4.55. The number of nitrogens with one attached hydrogen (secondary N) is 2. The van der Waals surface area contributed by atoms with E-state index in [0.29, 0.717) is 6.54 Å². The van der Waals surface area contributed by atoms with Crippen molar-refractivity contribution in [2.45, 2.75) is 19.0 Å². The third-order valence-electron chi connectivity index (χ3n) is 4.55. The van der Waals surface area contributed by atoms with Gasteiger partial charge in [-0.3, -0.25) is 9.59 Å².